The summed E-state index contributed by atoms with van der Waals surface area (Å²) in [6.07, 6.45) is 3.49. The number of nitrogens with zero attached hydrogens (tertiary/aromatic N) is 4. The zero-order valence-corrected chi connectivity index (χ0v) is 9.29. The van der Waals surface area contributed by atoms with Gasteiger partial charge in [-0.25, -0.2) is 4.52 Å². The Kier molecular flexibility index (Phi) is 2.25. The largest absolute Gasteiger partial charge is 0.360 e. The molecule has 0 aliphatic rings. The molecule has 3 aromatic rings. The van der Waals surface area contributed by atoms with E-state index in [0.717, 1.165) is 17.0 Å². The molecule has 0 bridgehead atoms. The molecular formula is C11H11N5O. The number of hydrogen-bond acceptors (Lipinski definition) is 5. The van der Waals surface area contributed by atoms with Crippen LogP contribution in [0.15, 0.2) is 35.1 Å². The van der Waals surface area contributed by atoms with Gasteiger partial charge in [0.1, 0.15) is 0 Å². The van der Waals surface area contributed by atoms with Crippen LogP contribution in [0.5, 0.6) is 0 Å². The zero-order chi connectivity index (χ0) is 11.7. The molecule has 3 heterocycles. The second kappa shape index (κ2) is 3.89. The van der Waals surface area contributed by atoms with E-state index < -0.39 is 0 Å². The third-order valence-electron chi connectivity index (χ3n) is 2.41. The van der Waals surface area contributed by atoms with Crippen molar-refractivity contribution < 1.29 is 4.52 Å². The lowest BCUT2D eigenvalue weighted by Gasteiger charge is -1.95. The lowest BCUT2D eigenvalue weighted by molar-refractivity contribution is 0.388. The summed E-state index contributed by atoms with van der Waals surface area (Å²) in [5.41, 5.74) is 1.98. The molecule has 0 saturated carbocycles. The summed E-state index contributed by atoms with van der Waals surface area (Å²) in [7, 11) is 0. The first-order valence-electron chi connectivity index (χ1n) is 5.28. The summed E-state index contributed by atoms with van der Waals surface area (Å²) >= 11 is 0. The van der Waals surface area contributed by atoms with Crippen LogP contribution in [0.3, 0.4) is 0 Å². The highest BCUT2D eigenvalue weighted by Crippen LogP contribution is 2.08. The molecule has 0 saturated heterocycles. The number of pyridine rings is 1. The number of fused-ring (bicyclic) bond motifs is 1. The van der Waals surface area contributed by atoms with Crippen LogP contribution in [-0.4, -0.2) is 19.8 Å². The minimum absolute atomic E-state index is 0.524. The number of anilines is 1. The van der Waals surface area contributed by atoms with Gasteiger partial charge >= 0.3 is 0 Å². The molecule has 3 rings (SSSR count). The van der Waals surface area contributed by atoms with E-state index in [1.165, 1.54) is 0 Å². The van der Waals surface area contributed by atoms with Crippen LogP contribution in [-0.2, 0) is 6.54 Å². The Labute approximate surface area is 97.3 Å². The molecular weight excluding hydrogens is 218 g/mol. The topological polar surface area (TPSA) is 68.2 Å². The molecule has 0 aliphatic heterocycles. The van der Waals surface area contributed by atoms with E-state index >= 15 is 0 Å². The first-order valence-corrected chi connectivity index (χ1v) is 5.28. The molecule has 0 spiro atoms. The maximum Gasteiger partial charge on any atom is 0.243 e. The number of hydrogen-bond donors (Lipinski definition) is 1. The lowest BCUT2D eigenvalue weighted by atomic mass is 10.3. The van der Waals surface area contributed by atoms with Gasteiger partial charge in [0.2, 0.25) is 5.95 Å². The number of rotatable bonds is 3. The molecule has 1 N–H and O–H groups in total. The number of nitrogens with one attached hydrogen (secondary N) is 1. The predicted octanol–water partition coefficient (Wildman–Crippen LogP) is 1.64. The first-order chi connectivity index (χ1) is 8.31. The van der Waals surface area contributed by atoms with E-state index in [-0.39, 0.29) is 0 Å². The van der Waals surface area contributed by atoms with Crippen molar-refractivity contribution in [2.45, 2.75) is 13.5 Å². The molecule has 0 aromatic carbocycles. The summed E-state index contributed by atoms with van der Waals surface area (Å²) < 4.78 is 6.71. The number of aryl methyl sites for hydroxylation is 1. The Morgan fingerprint density at radius 2 is 2.35 bits per heavy atom. The van der Waals surface area contributed by atoms with Crippen molar-refractivity contribution in [3.63, 3.8) is 0 Å². The predicted molar refractivity (Wildman–Crippen MR) is 61.6 cm³/mol. The van der Waals surface area contributed by atoms with Crippen molar-refractivity contribution >= 4 is 11.6 Å². The SMILES string of the molecule is Cc1ccn2nc(NCc3ccno3)nc2c1. The summed E-state index contributed by atoms with van der Waals surface area (Å²) in [5.74, 6) is 1.33. The van der Waals surface area contributed by atoms with Crippen molar-refractivity contribution in [2.75, 3.05) is 5.32 Å². The monoisotopic (exact) mass is 229 g/mol. The van der Waals surface area contributed by atoms with E-state index in [2.05, 4.69) is 20.6 Å². The molecule has 6 heteroatoms. The maximum atomic E-state index is 4.97. The lowest BCUT2D eigenvalue weighted by Crippen LogP contribution is -2.00. The fourth-order valence-electron chi connectivity index (χ4n) is 1.56. The Bertz CT molecular complexity index is 628. The van der Waals surface area contributed by atoms with Gasteiger partial charge in [-0.1, -0.05) is 5.16 Å². The first kappa shape index (κ1) is 9.83. The van der Waals surface area contributed by atoms with Gasteiger partial charge in [-0.15, -0.1) is 5.10 Å². The van der Waals surface area contributed by atoms with Crippen LogP contribution in [0.2, 0.25) is 0 Å². The molecule has 0 unspecified atom stereocenters. The molecule has 0 amide bonds. The third kappa shape index (κ3) is 1.96. The maximum absolute atomic E-state index is 4.97. The standard InChI is InChI=1S/C11H11N5O/c1-8-3-5-16-10(6-8)14-11(15-16)12-7-9-2-4-13-17-9/h2-6H,7H2,1H3,(H,12,15). The van der Waals surface area contributed by atoms with Gasteiger partial charge in [-0.05, 0) is 24.6 Å². The van der Waals surface area contributed by atoms with Gasteiger partial charge in [0, 0.05) is 12.3 Å². The average Bonchev–Trinajstić information content (AvgIpc) is 2.94. The minimum Gasteiger partial charge on any atom is -0.360 e. The van der Waals surface area contributed by atoms with Gasteiger partial charge in [0.25, 0.3) is 0 Å². The third-order valence-corrected chi connectivity index (χ3v) is 2.41. The van der Waals surface area contributed by atoms with Crippen molar-refractivity contribution in [1.82, 2.24) is 19.8 Å². The fourth-order valence-corrected chi connectivity index (χ4v) is 1.56. The molecule has 6 nitrogen and oxygen atoms in total. The molecule has 0 atom stereocenters. The molecule has 86 valence electrons. The van der Waals surface area contributed by atoms with Gasteiger partial charge in [0.05, 0.1) is 12.7 Å². The van der Waals surface area contributed by atoms with Crippen LogP contribution in [0, 0.1) is 6.92 Å². The van der Waals surface area contributed by atoms with Crippen LogP contribution in [0.25, 0.3) is 5.65 Å². The molecule has 0 radical (unpaired) electrons. The zero-order valence-electron chi connectivity index (χ0n) is 9.29. The van der Waals surface area contributed by atoms with Crippen LogP contribution >= 0.6 is 0 Å². The van der Waals surface area contributed by atoms with Gasteiger partial charge < -0.3 is 9.84 Å². The molecule has 3 aromatic heterocycles. The summed E-state index contributed by atoms with van der Waals surface area (Å²) in [6.45, 7) is 2.55. The molecule has 17 heavy (non-hydrogen) atoms. The van der Waals surface area contributed by atoms with Gasteiger partial charge in [-0.2, -0.15) is 4.98 Å². The Morgan fingerprint density at radius 1 is 1.41 bits per heavy atom. The van der Waals surface area contributed by atoms with E-state index in [0.29, 0.717) is 12.5 Å². The second-order valence-corrected chi connectivity index (χ2v) is 3.77. The second-order valence-electron chi connectivity index (χ2n) is 3.77. The van der Waals surface area contributed by atoms with E-state index in [1.54, 1.807) is 16.8 Å². The van der Waals surface area contributed by atoms with E-state index in [9.17, 15) is 0 Å². The Balaban J connectivity index is 1.81. The fraction of sp³-hybridized carbons (Fsp3) is 0.182. The smallest absolute Gasteiger partial charge is 0.243 e. The quantitative estimate of drug-likeness (QED) is 0.739. The van der Waals surface area contributed by atoms with Crippen LogP contribution in [0.4, 0.5) is 5.95 Å². The highest BCUT2D eigenvalue weighted by atomic mass is 16.5. The normalized spacial score (nSPS) is 10.9. The van der Waals surface area contributed by atoms with Crippen molar-refractivity contribution in [1.29, 1.82) is 0 Å². The van der Waals surface area contributed by atoms with E-state index in [1.807, 2.05) is 25.3 Å². The molecule has 0 aliphatic carbocycles. The summed E-state index contributed by atoms with van der Waals surface area (Å²) in [5, 5.41) is 11.0. The summed E-state index contributed by atoms with van der Waals surface area (Å²) in [6, 6.07) is 5.77. The Morgan fingerprint density at radius 3 is 3.18 bits per heavy atom. The Hall–Kier alpha value is -2.37. The number of aromatic nitrogens is 4. The van der Waals surface area contributed by atoms with Gasteiger partial charge in [-0.3, -0.25) is 0 Å². The van der Waals surface area contributed by atoms with Crippen LogP contribution < -0.4 is 5.32 Å². The van der Waals surface area contributed by atoms with Gasteiger partial charge in [0.15, 0.2) is 11.4 Å². The van der Waals surface area contributed by atoms with Crippen molar-refractivity contribution in [3.8, 4) is 0 Å². The summed E-state index contributed by atoms with van der Waals surface area (Å²) in [4.78, 5) is 4.35. The minimum atomic E-state index is 0.524. The van der Waals surface area contributed by atoms with Crippen LogP contribution in [0.1, 0.15) is 11.3 Å². The highest BCUT2D eigenvalue weighted by molar-refractivity contribution is 5.45. The average molecular weight is 229 g/mol. The molecule has 0 fully saturated rings. The van der Waals surface area contributed by atoms with Crippen molar-refractivity contribution in [3.05, 3.63) is 41.9 Å². The van der Waals surface area contributed by atoms with E-state index in [4.69, 9.17) is 4.52 Å². The van der Waals surface area contributed by atoms with Crippen molar-refractivity contribution in [2.24, 2.45) is 0 Å². The highest BCUT2D eigenvalue weighted by Gasteiger charge is 2.04.